The number of hydrogen-bond donors (Lipinski definition) is 1. The molecule has 0 radical (unpaired) electrons. The molecule has 20 heavy (non-hydrogen) atoms. The van der Waals surface area contributed by atoms with Gasteiger partial charge in [0.05, 0.1) is 13.2 Å². The maximum Gasteiger partial charge on any atom is 0.251 e. The van der Waals surface area contributed by atoms with Gasteiger partial charge in [0.1, 0.15) is 0 Å². The zero-order valence-electron chi connectivity index (χ0n) is 11.1. The molecule has 0 saturated carbocycles. The average molecular weight is 350 g/mol. The Labute approximate surface area is 125 Å². The minimum Gasteiger partial charge on any atom is -0.395 e. The molecule has 1 aromatic carbocycles. The fraction of sp³-hybridized carbons (Fsp3) is 0.500. The van der Waals surface area contributed by atoms with Crippen molar-refractivity contribution < 1.29 is 18.7 Å². The second kappa shape index (κ2) is 9.15. The lowest BCUT2D eigenvalue weighted by molar-refractivity contribution is 0.0765. The first kappa shape index (κ1) is 17.2. The van der Waals surface area contributed by atoms with Crippen molar-refractivity contribution >= 4 is 21.7 Å². The molecular weight excluding hydrogens is 332 g/mol. The summed E-state index contributed by atoms with van der Waals surface area (Å²) < 4.78 is 25.5. The van der Waals surface area contributed by atoms with Crippen LogP contribution in [0, 0.1) is 0 Å². The van der Waals surface area contributed by atoms with Gasteiger partial charge in [-0.1, -0.05) is 28.1 Å². The lowest BCUT2D eigenvalue weighted by Crippen LogP contribution is -2.32. The van der Waals surface area contributed by atoms with Crippen molar-refractivity contribution in [2.75, 3.05) is 26.2 Å². The molecule has 3 nitrogen and oxygen atoms in total. The highest BCUT2D eigenvalue weighted by molar-refractivity contribution is 9.10. The number of aliphatic hydroxyl groups is 1. The van der Waals surface area contributed by atoms with Crippen LogP contribution < -0.4 is 0 Å². The fourth-order valence-corrected chi connectivity index (χ4v) is 2.14. The maximum absolute atomic E-state index is 12.3. The van der Waals surface area contributed by atoms with Crippen LogP contribution in [0.3, 0.4) is 0 Å². The zero-order valence-corrected chi connectivity index (χ0v) is 12.7. The summed E-state index contributed by atoms with van der Waals surface area (Å²) in [5.74, 6) is -0.00139. The molecule has 1 rings (SSSR count). The largest absolute Gasteiger partial charge is 0.395 e. The van der Waals surface area contributed by atoms with E-state index in [0.29, 0.717) is 24.9 Å². The van der Waals surface area contributed by atoms with Gasteiger partial charge in [0.15, 0.2) is 5.78 Å². The van der Waals surface area contributed by atoms with Crippen LogP contribution in [0.15, 0.2) is 28.7 Å². The molecule has 0 spiro atoms. The summed E-state index contributed by atoms with van der Waals surface area (Å²) in [7, 11) is 0. The summed E-state index contributed by atoms with van der Waals surface area (Å²) in [4.78, 5) is 13.4. The monoisotopic (exact) mass is 349 g/mol. The molecule has 0 fully saturated rings. The van der Waals surface area contributed by atoms with E-state index in [1.165, 1.54) is 4.90 Å². The van der Waals surface area contributed by atoms with E-state index in [1.54, 1.807) is 24.3 Å². The number of rotatable bonds is 9. The Kier molecular flexibility index (Phi) is 7.87. The lowest BCUT2D eigenvalue weighted by atomic mass is 10.1. The molecule has 0 aliphatic heterocycles. The molecule has 1 N–H and O–H groups in total. The molecule has 0 bridgehead atoms. The molecule has 6 heteroatoms. The predicted octanol–water partition coefficient (Wildman–Crippen LogP) is 2.97. The second-order valence-corrected chi connectivity index (χ2v) is 5.36. The Bertz CT molecular complexity index is 412. The Balaban J connectivity index is 2.37. The van der Waals surface area contributed by atoms with Gasteiger partial charge in [-0.3, -0.25) is 9.69 Å². The zero-order chi connectivity index (χ0) is 15.0. The Morgan fingerprint density at radius 3 is 2.45 bits per heavy atom. The van der Waals surface area contributed by atoms with Crippen molar-refractivity contribution in [3.63, 3.8) is 0 Å². The number of alkyl halides is 2. The lowest BCUT2D eigenvalue weighted by Gasteiger charge is -2.20. The molecule has 0 aliphatic rings. The summed E-state index contributed by atoms with van der Waals surface area (Å²) in [6, 6.07) is 7.05. The molecular formula is C14H18BrF2NO2. The Morgan fingerprint density at radius 2 is 1.90 bits per heavy atom. The van der Waals surface area contributed by atoms with Crippen molar-refractivity contribution in [3.8, 4) is 0 Å². The van der Waals surface area contributed by atoms with Gasteiger partial charge in [-0.25, -0.2) is 8.78 Å². The van der Waals surface area contributed by atoms with Crippen LogP contribution in [0.4, 0.5) is 8.78 Å². The van der Waals surface area contributed by atoms with E-state index in [2.05, 4.69) is 15.9 Å². The molecule has 0 amide bonds. The van der Waals surface area contributed by atoms with Gasteiger partial charge in [-0.05, 0) is 25.1 Å². The van der Waals surface area contributed by atoms with Crippen LogP contribution in [-0.4, -0.2) is 48.5 Å². The summed E-state index contributed by atoms with van der Waals surface area (Å²) in [6.07, 6.45) is -1.61. The van der Waals surface area contributed by atoms with Crippen LogP contribution >= 0.6 is 15.9 Å². The van der Waals surface area contributed by atoms with Crippen LogP contribution in [0.25, 0.3) is 0 Å². The number of carbonyl (C=O) groups is 1. The quantitative estimate of drug-likeness (QED) is 0.696. The second-order valence-electron chi connectivity index (χ2n) is 4.45. The number of aliphatic hydroxyl groups excluding tert-OH is 1. The average Bonchev–Trinajstić information content (AvgIpc) is 2.39. The van der Waals surface area contributed by atoms with Gasteiger partial charge in [0, 0.05) is 23.0 Å². The smallest absolute Gasteiger partial charge is 0.251 e. The number of carbonyl (C=O) groups excluding carboxylic acids is 1. The van der Waals surface area contributed by atoms with Crippen LogP contribution in [0.1, 0.15) is 23.2 Å². The third-order valence-corrected chi connectivity index (χ3v) is 3.39. The van der Waals surface area contributed by atoms with Gasteiger partial charge in [0.2, 0.25) is 0 Å². The third-order valence-electron chi connectivity index (χ3n) is 2.86. The van der Waals surface area contributed by atoms with E-state index in [-0.39, 0.29) is 25.5 Å². The predicted molar refractivity (Wildman–Crippen MR) is 77.2 cm³/mol. The SMILES string of the molecule is O=C(CCCN(CCO)CC(F)F)c1ccc(Br)cc1. The van der Waals surface area contributed by atoms with E-state index in [1.807, 2.05) is 0 Å². The van der Waals surface area contributed by atoms with Crippen molar-refractivity contribution in [1.82, 2.24) is 4.90 Å². The van der Waals surface area contributed by atoms with E-state index in [9.17, 15) is 13.6 Å². The Hall–Kier alpha value is -0.850. The van der Waals surface area contributed by atoms with E-state index in [0.717, 1.165) is 4.47 Å². The molecule has 0 atom stereocenters. The first-order valence-electron chi connectivity index (χ1n) is 6.43. The standard InChI is InChI=1S/C14H18BrF2NO2/c15-12-5-3-11(4-6-12)13(20)2-1-7-18(8-9-19)10-14(16)17/h3-6,14,19H,1-2,7-10H2. The summed E-state index contributed by atoms with van der Waals surface area (Å²) in [5.41, 5.74) is 0.621. The highest BCUT2D eigenvalue weighted by Gasteiger charge is 2.12. The van der Waals surface area contributed by atoms with Crippen LogP contribution in [0.5, 0.6) is 0 Å². The highest BCUT2D eigenvalue weighted by Crippen LogP contribution is 2.13. The molecule has 112 valence electrons. The molecule has 0 aliphatic carbocycles. The number of ketones is 1. The minimum absolute atomic E-state index is 0.00139. The molecule has 1 aromatic rings. The van der Waals surface area contributed by atoms with Gasteiger partial charge < -0.3 is 5.11 Å². The van der Waals surface area contributed by atoms with Crippen molar-refractivity contribution in [2.24, 2.45) is 0 Å². The molecule has 0 unspecified atom stereocenters. The first-order valence-corrected chi connectivity index (χ1v) is 7.22. The van der Waals surface area contributed by atoms with Crippen LogP contribution in [0.2, 0.25) is 0 Å². The summed E-state index contributed by atoms with van der Waals surface area (Å²) in [5, 5.41) is 8.80. The highest BCUT2D eigenvalue weighted by atomic mass is 79.9. The molecule has 0 heterocycles. The first-order chi connectivity index (χ1) is 9.52. The minimum atomic E-state index is -2.43. The topological polar surface area (TPSA) is 40.5 Å². The van der Waals surface area contributed by atoms with Crippen molar-refractivity contribution in [3.05, 3.63) is 34.3 Å². The number of Topliss-reactive ketones (excluding diaryl/α,β-unsaturated/α-hetero) is 1. The van der Waals surface area contributed by atoms with E-state index in [4.69, 9.17) is 5.11 Å². The van der Waals surface area contributed by atoms with Crippen molar-refractivity contribution in [1.29, 1.82) is 0 Å². The number of nitrogens with zero attached hydrogens (tertiary/aromatic N) is 1. The van der Waals surface area contributed by atoms with Gasteiger partial charge in [-0.2, -0.15) is 0 Å². The van der Waals surface area contributed by atoms with E-state index >= 15 is 0 Å². The van der Waals surface area contributed by atoms with Gasteiger partial charge in [-0.15, -0.1) is 0 Å². The Morgan fingerprint density at radius 1 is 1.25 bits per heavy atom. The summed E-state index contributed by atoms with van der Waals surface area (Å²) in [6.45, 7) is 0.0599. The normalized spacial score (nSPS) is 11.3. The third kappa shape index (κ3) is 6.54. The number of halogens is 3. The fourth-order valence-electron chi connectivity index (χ4n) is 1.87. The van der Waals surface area contributed by atoms with E-state index < -0.39 is 6.43 Å². The number of benzene rings is 1. The van der Waals surface area contributed by atoms with Crippen LogP contribution in [-0.2, 0) is 0 Å². The van der Waals surface area contributed by atoms with Gasteiger partial charge >= 0.3 is 0 Å². The molecule has 0 aromatic heterocycles. The van der Waals surface area contributed by atoms with Gasteiger partial charge in [0.25, 0.3) is 6.43 Å². The molecule has 0 saturated heterocycles. The van der Waals surface area contributed by atoms with Crippen molar-refractivity contribution in [2.45, 2.75) is 19.3 Å². The summed E-state index contributed by atoms with van der Waals surface area (Å²) >= 11 is 3.29. The maximum atomic E-state index is 12.3. The number of hydrogen-bond acceptors (Lipinski definition) is 3.